The van der Waals surface area contributed by atoms with E-state index < -0.39 is 11.7 Å². The van der Waals surface area contributed by atoms with Crippen molar-refractivity contribution >= 4 is 0 Å². The van der Waals surface area contributed by atoms with E-state index in [2.05, 4.69) is 20.2 Å². The van der Waals surface area contributed by atoms with Gasteiger partial charge in [0.25, 0.3) is 5.89 Å². The molecule has 5 nitrogen and oxygen atoms in total. The molecule has 0 bridgehead atoms. The highest BCUT2D eigenvalue weighted by Gasteiger charge is 2.30. The topological polar surface area (TPSA) is 64.7 Å². The van der Waals surface area contributed by atoms with E-state index in [0.717, 1.165) is 17.7 Å². The SMILES string of the molecule is Cc1ncc(-c2cccc(C(F)(F)F)c2)nc1-c1nnc(-c2ccccc2)o1. The van der Waals surface area contributed by atoms with E-state index in [9.17, 15) is 13.2 Å². The molecule has 0 amide bonds. The van der Waals surface area contributed by atoms with E-state index >= 15 is 0 Å². The fraction of sp³-hybridized carbons (Fsp3) is 0.100. The predicted molar refractivity (Wildman–Crippen MR) is 95.9 cm³/mol. The first kappa shape index (κ1) is 17.8. The van der Waals surface area contributed by atoms with Gasteiger partial charge in [-0.1, -0.05) is 30.3 Å². The Morgan fingerprint density at radius 2 is 1.57 bits per heavy atom. The molecule has 4 rings (SSSR count). The highest BCUT2D eigenvalue weighted by atomic mass is 19.4. The van der Waals surface area contributed by atoms with Gasteiger partial charge in [0.2, 0.25) is 5.89 Å². The summed E-state index contributed by atoms with van der Waals surface area (Å²) in [5.41, 5.74) is 1.43. The van der Waals surface area contributed by atoms with E-state index in [0.29, 0.717) is 22.8 Å². The van der Waals surface area contributed by atoms with Gasteiger partial charge in [-0.15, -0.1) is 10.2 Å². The summed E-state index contributed by atoms with van der Waals surface area (Å²) in [6.07, 6.45) is -3.02. The minimum Gasteiger partial charge on any atom is -0.415 e. The Balaban J connectivity index is 1.74. The lowest BCUT2D eigenvalue weighted by molar-refractivity contribution is -0.137. The number of nitrogens with zero attached hydrogens (tertiary/aromatic N) is 4. The second kappa shape index (κ2) is 6.88. The van der Waals surface area contributed by atoms with Crippen LogP contribution < -0.4 is 0 Å². The van der Waals surface area contributed by atoms with Crippen LogP contribution in [0.3, 0.4) is 0 Å². The van der Waals surface area contributed by atoms with Crippen molar-refractivity contribution in [3.05, 3.63) is 72.1 Å². The van der Waals surface area contributed by atoms with Crippen molar-refractivity contribution in [2.75, 3.05) is 0 Å². The second-order valence-electron chi connectivity index (χ2n) is 6.05. The first-order valence-electron chi connectivity index (χ1n) is 8.32. The van der Waals surface area contributed by atoms with Crippen molar-refractivity contribution in [2.24, 2.45) is 0 Å². The largest absolute Gasteiger partial charge is 0.416 e. The number of aryl methyl sites for hydroxylation is 1. The summed E-state index contributed by atoms with van der Waals surface area (Å²) < 4.78 is 44.7. The minimum atomic E-state index is -4.44. The third kappa shape index (κ3) is 3.48. The van der Waals surface area contributed by atoms with Crippen molar-refractivity contribution in [3.8, 4) is 34.3 Å². The fourth-order valence-corrected chi connectivity index (χ4v) is 2.66. The Kier molecular flexibility index (Phi) is 4.38. The smallest absolute Gasteiger partial charge is 0.415 e. The zero-order valence-electron chi connectivity index (χ0n) is 14.6. The number of benzene rings is 2. The van der Waals surface area contributed by atoms with Gasteiger partial charge in [-0.25, -0.2) is 4.98 Å². The lowest BCUT2D eigenvalue weighted by atomic mass is 10.1. The molecule has 0 atom stereocenters. The summed E-state index contributed by atoms with van der Waals surface area (Å²) >= 11 is 0. The first-order chi connectivity index (χ1) is 13.4. The van der Waals surface area contributed by atoms with E-state index in [-0.39, 0.29) is 11.6 Å². The lowest BCUT2D eigenvalue weighted by Crippen LogP contribution is -2.05. The average Bonchev–Trinajstić information content (AvgIpc) is 3.18. The first-order valence-corrected chi connectivity index (χ1v) is 8.32. The summed E-state index contributed by atoms with van der Waals surface area (Å²) in [5.74, 6) is 0.471. The van der Waals surface area contributed by atoms with Crippen LogP contribution in [0.25, 0.3) is 34.3 Å². The van der Waals surface area contributed by atoms with E-state index in [4.69, 9.17) is 4.42 Å². The second-order valence-corrected chi connectivity index (χ2v) is 6.05. The van der Waals surface area contributed by atoms with Crippen molar-refractivity contribution in [2.45, 2.75) is 13.1 Å². The van der Waals surface area contributed by atoms with Gasteiger partial charge in [0.15, 0.2) is 0 Å². The summed E-state index contributed by atoms with van der Waals surface area (Å²) in [7, 11) is 0. The summed E-state index contributed by atoms with van der Waals surface area (Å²) in [4.78, 5) is 8.65. The maximum atomic E-state index is 13.0. The highest BCUT2D eigenvalue weighted by Crippen LogP contribution is 2.32. The van der Waals surface area contributed by atoms with Gasteiger partial charge in [-0.05, 0) is 31.2 Å². The van der Waals surface area contributed by atoms with Crippen LogP contribution in [0.4, 0.5) is 13.2 Å². The highest BCUT2D eigenvalue weighted by molar-refractivity contribution is 5.64. The fourth-order valence-electron chi connectivity index (χ4n) is 2.66. The Morgan fingerprint density at radius 3 is 2.32 bits per heavy atom. The normalized spacial score (nSPS) is 11.6. The Morgan fingerprint density at radius 1 is 0.857 bits per heavy atom. The molecule has 0 aliphatic rings. The Bertz CT molecular complexity index is 1120. The van der Waals surface area contributed by atoms with Gasteiger partial charge in [0.1, 0.15) is 5.69 Å². The number of aromatic nitrogens is 4. The molecular formula is C20H13F3N4O. The van der Waals surface area contributed by atoms with Crippen LogP contribution in [-0.4, -0.2) is 20.2 Å². The standard InChI is InChI=1S/C20H13F3N4O/c1-12-17(19-27-26-18(28-19)13-6-3-2-4-7-13)25-16(11-24-12)14-8-5-9-15(10-14)20(21,22)23/h2-11H,1H3. The van der Waals surface area contributed by atoms with Crippen LogP contribution in [0, 0.1) is 6.92 Å². The third-order valence-electron chi connectivity index (χ3n) is 4.09. The third-order valence-corrected chi connectivity index (χ3v) is 4.09. The summed E-state index contributed by atoms with van der Waals surface area (Å²) in [6.45, 7) is 1.71. The van der Waals surface area contributed by atoms with Gasteiger partial charge in [0.05, 0.1) is 23.1 Å². The average molecular weight is 382 g/mol. The molecule has 0 saturated carbocycles. The van der Waals surface area contributed by atoms with E-state index in [1.807, 2.05) is 30.3 Å². The zero-order valence-corrected chi connectivity index (χ0v) is 14.6. The molecule has 28 heavy (non-hydrogen) atoms. The number of rotatable bonds is 3. The molecule has 0 saturated heterocycles. The number of halogens is 3. The molecule has 4 aromatic rings. The van der Waals surface area contributed by atoms with Crippen LogP contribution >= 0.6 is 0 Å². The van der Waals surface area contributed by atoms with Gasteiger partial charge in [0, 0.05) is 11.1 Å². The molecular weight excluding hydrogens is 369 g/mol. The van der Waals surface area contributed by atoms with Gasteiger partial charge in [-0.2, -0.15) is 13.2 Å². The van der Waals surface area contributed by atoms with Crippen LogP contribution in [0.2, 0.25) is 0 Å². The number of alkyl halides is 3. The van der Waals surface area contributed by atoms with Crippen molar-refractivity contribution < 1.29 is 17.6 Å². The molecule has 0 fully saturated rings. The lowest BCUT2D eigenvalue weighted by Gasteiger charge is -2.09. The van der Waals surface area contributed by atoms with Crippen LogP contribution in [0.5, 0.6) is 0 Å². The number of hydrogen-bond acceptors (Lipinski definition) is 5. The van der Waals surface area contributed by atoms with Crippen molar-refractivity contribution in [1.82, 2.24) is 20.2 Å². The summed E-state index contributed by atoms with van der Waals surface area (Å²) in [6, 6.07) is 14.1. The molecule has 140 valence electrons. The Labute approximate surface area is 157 Å². The van der Waals surface area contributed by atoms with E-state index in [1.165, 1.54) is 12.3 Å². The number of hydrogen-bond donors (Lipinski definition) is 0. The molecule has 2 aromatic carbocycles. The predicted octanol–water partition coefficient (Wildman–Crippen LogP) is 5.19. The van der Waals surface area contributed by atoms with Crippen LogP contribution in [0.15, 0.2) is 65.2 Å². The summed E-state index contributed by atoms with van der Waals surface area (Å²) in [5, 5.41) is 8.04. The molecule has 0 radical (unpaired) electrons. The molecule has 0 spiro atoms. The minimum absolute atomic E-state index is 0.151. The van der Waals surface area contributed by atoms with Gasteiger partial charge in [-0.3, -0.25) is 4.98 Å². The van der Waals surface area contributed by atoms with Crippen molar-refractivity contribution in [3.63, 3.8) is 0 Å². The maximum Gasteiger partial charge on any atom is 0.416 e. The molecule has 0 N–H and O–H groups in total. The maximum absolute atomic E-state index is 13.0. The van der Waals surface area contributed by atoms with E-state index in [1.54, 1.807) is 13.0 Å². The monoisotopic (exact) mass is 382 g/mol. The van der Waals surface area contributed by atoms with Crippen LogP contribution in [0.1, 0.15) is 11.3 Å². The van der Waals surface area contributed by atoms with Crippen LogP contribution in [-0.2, 0) is 6.18 Å². The van der Waals surface area contributed by atoms with Crippen molar-refractivity contribution in [1.29, 1.82) is 0 Å². The molecule has 2 aromatic heterocycles. The zero-order chi connectivity index (χ0) is 19.7. The molecule has 0 aliphatic carbocycles. The molecule has 0 unspecified atom stereocenters. The van der Waals surface area contributed by atoms with Gasteiger partial charge < -0.3 is 4.42 Å². The molecule has 0 aliphatic heterocycles. The molecule has 2 heterocycles. The quantitative estimate of drug-likeness (QED) is 0.488. The Hall–Kier alpha value is -3.55. The van der Waals surface area contributed by atoms with Gasteiger partial charge >= 0.3 is 6.18 Å². The molecule has 8 heteroatoms.